The van der Waals surface area contributed by atoms with Crippen LogP contribution in [0.1, 0.15) is 5.56 Å². The van der Waals surface area contributed by atoms with Crippen LogP contribution in [-0.4, -0.2) is 9.13 Å². The van der Waals surface area contributed by atoms with Crippen molar-refractivity contribution in [1.82, 2.24) is 9.13 Å². The molecule has 0 aliphatic heterocycles. The monoisotopic (exact) mass is 635 g/mol. The van der Waals surface area contributed by atoms with Gasteiger partial charge < -0.3 is 9.13 Å². The number of hydrogen-bond donors (Lipinski definition) is 0. The third-order valence-corrected chi connectivity index (χ3v) is 9.56. The highest BCUT2D eigenvalue weighted by Crippen LogP contribution is 2.43. The molecule has 0 atom stereocenters. The molecule has 230 valence electrons. The van der Waals surface area contributed by atoms with Crippen LogP contribution >= 0.6 is 0 Å². The van der Waals surface area contributed by atoms with Crippen molar-refractivity contribution in [2.24, 2.45) is 0 Å². The van der Waals surface area contributed by atoms with Gasteiger partial charge in [-0.3, -0.25) is 0 Å². The molecule has 0 amide bonds. The molecule has 0 aliphatic rings. The van der Waals surface area contributed by atoms with Gasteiger partial charge in [0.2, 0.25) is 5.69 Å². The number of benzene rings is 7. The van der Waals surface area contributed by atoms with E-state index < -0.39 is 0 Å². The van der Waals surface area contributed by atoms with Gasteiger partial charge in [0.1, 0.15) is 0 Å². The molecule has 0 saturated carbocycles. The zero-order chi connectivity index (χ0) is 33.8. The quantitative estimate of drug-likeness (QED) is 0.177. The first-order chi connectivity index (χ1) is 24.7. The Morgan fingerprint density at radius 3 is 1.88 bits per heavy atom. The number of nitriles is 1. The highest BCUT2D eigenvalue weighted by atomic mass is 15.0. The Morgan fingerprint density at radius 1 is 0.480 bits per heavy atom. The van der Waals surface area contributed by atoms with Gasteiger partial charge >= 0.3 is 0 Å². The van der Waals surface area contributed by atoms with E-state index in [-0.39, 0.29) is 0 Å². The molecular weight excluding hydrogens is 611 g/mol. The lowest BCUT2D eigenvalue weighted by Crippen LogP contribution is -1.98. The van der Waals surface area contributed by atoms with Gasteiger partial charge in [-0.05, 0) is 76.9 Å². The van der Waals surface area contributed by atoms with E-state index in [1.807, 2.05) is 36.4 Å². The fraction of sp³-hybridized carbons (Fsp3) is 0. The fourth-order valence-electron chi connectivity index (χ4n) is 7.37. The Bertz CT molecular complexity index is 2920. The van der Waals surface area contributed by atoms with Crippen molar-refractivity contribution in [2.75, 3.05) is 0 Å². The van der Waals surface area contributed by atoms with E-state index >= 15 is 0 Å². The Hall–Kier alpha value is -7.39. The van der Waals surface area contributed by atoms with Gasteiger partial charge in [0.05, 0.1) is 47.0 Å². The Balaban J connectivity index is 1.24. The highest BCUT2D eigenvalue weighted by molar-refractivity contribution is 6.12. The maximum atomic E-state index is 9.70. The summed E-state index contributed by atoms with van der Waals surface area (Å²) < 4.78 is 4.41. The topological polar surface area (TPSA) is 42.4 Å². The van der Waals surface area contributed by atoms with Crippen LogP contribution in [0.3, 0.4) is 0 Å². The summed E-state index contributed by atoms with van der Waals surface area (Å²) in [5, 5.41) is 14.0. The lowest BCUT2D eigenvalue weighted by atomic mass is 9.97. The second kappa shape index (κ2) is 11.4. The summed E-state index contributed by atoms with van der Waals surface area (Å²) in [5.41, 5.74) is 11.4. The minimum atomic E-state index is 0.498. The Labute approximate surface area is 288 Å². The second-order valence-electron chi connectivity index (χ2n) is 12.3. The predicted molar refractivity (Wildman–Crippen MR) is 203 cm³/mol. The Morgan fingerprint density at radius 2 is 1.14 bits per heavy atom. The third kappa shape index (κ3) is 4.38. The van der Waals surface area contributed by atoms with Crippen molar-refractivity contribution < 1.29 is 0 Å². The second-order valence-corrected chi connectivity index (χ2v) is 12.3. The van der Waals surface area contributed by atoms with Crippen molar-refractivity contribution >= 4 is 55.0 Å². The third-order valence-electron chi connectivity index (χ3n) is 9.56. The molecule has 0 spiro atoms. The molecule has 0 aliphatic carbocycles. The largest absolute Gasteiger partial charge is 0.320 e. The zero-order valence-corrected chi connectivity index (χ0v) is 26.7. The average molecular weight is 636 g/mol. The van der Waals surface area contributed by atoms with Crippen LogP contribution in [0.2, 0.25) is 0 Å². The maximum absolute atomic E-state index is 9.70. The molecule has 2 heterocycles. The van der Waals surface area contributed by atoms with Crippen molar-refractivity contribution in [3.63, 3.8) is 0 Å². The molecule has 7 aromatic carbocycles. The summed E-state index contributed by atoms with van der Waals surface area (Å²) >= 11 is 0. The van der Waals surface area contributed by atoms with Crippen LogP contribution in [0.4, 0.5) is 11.4 Å². The first-order valence-corrected chi connectivity index (χ1v) is 16.2. The molecule has 2 aromatic heterocycles. The van der Waals surface area contributed by atoms with Crippen molar-refractivity contribution in [2.45, 2.75) is 0 Å². The lowest BCUT2D eigenvalue weighted by Gasteiger charge is -2.17. The molecule has 50 heavy (non-hydrogen) atoms. The summed E-state index contributed by atoms with van der Waals surface area (Å²) in [6, 6.07) is 53.4. The molecule has 5 nitrogen and oxygen atoms in total. The number of rotatable bonds is 4. The van der Waals surface area contributed by atoms with Crippen molar-refractivity contribution in [3.8, 4) is 39.7 Å². The van der Waals surface area contributed by atoms with E-state index in [0.717, 1.165) is 66.5 Å². The van der Waals surface area contributed by atoms with E-state index in [1.54, 1.807) is 12.1 Å². The molecule has 0 fully saturated rings. The summed E-state index contributed by atoms with van der Waals surface area (Å²) in [7, 11) is 0. The molecule has 9 aromatic rings. The average Bonchev–Trinajstić information content (AvgIpc) is 3.69. The van der Waals surface area contributed by atoms with Crippen LogP contribution in [0, 0.1) is 24.5 Å². The van der Waals surface area contributed by atoms with Gasteiger partial charge in [-0.1, -0.05) is 97.1 Å². The minimum absolute atomic E-state index is 0.498. The van der Waals surface area contributed by atoms with Crippen LogP contribution in [-0.2, 0) is 0 Å². The van der Waals surface area contributed by atoms with Crippen LogP contribution in [0.15, 0.2) is 152 Å². The molecule has 9 rings (SSSR count). The van der Waals surface area contributed by atoms with Gasteiger partial charge in [0.15, 0.2) is 5.69 Å². The van der Waals surface area contributed by atoms with E-state index in [2.05, 4.69) is 128 Å². The van der Waals surface area contributed by atoms with Gasteiger partial charge in [0, 0.05) is 32.7 Å². The summed E-state index contributed by atoms with van der Waals surface area (Å²) in [5.74, 6) is 0. The highest BCUT2D eigenvalue weighted by Gasteiger charge is 2.20. The first kappa shape index (κ1) is 28.8. The van der Waals surface area contributed by atoms with Gasteiger partial charge in [-0.25, -0.2) is 9.69 Å². The number of para-hydroxylation sites is 3. The number of fused-ring (bicyclic) bond motifs is 6. The predicted octanol–water partition coefficient (Wildman–Crippen LogP) is 12.2. The molecule has 0 saturated heterocycles. The van der Waals surface area contributed by atoms with Crippen LogP contribution < -0.4 is 0 Å². The number of hydrogen-bond acceptors (Lipinski definition) is 1. The maximum Gasteiger partial charge on any atom is 0.211 e. The standard InChI is InChI=1S/C45H25N5/c1-47-33-21-22-38-39-24-29(28-46)20-23-43(39)50(44(38)27-33)45-35(16-9-17-40(45)48-2)32-12-7-10-30(25-32)31-11-8-13-34(26-31)49-41-18-5-3-14-36(41)37-15-4-6-19-42(37)49/h3-27H. The molecule has 5 heteroatoms. The summed E-state index contributed by atoms with van der Waals surface area (Å²) in [6.45, 7) is 15.9. The molecule has 0 unspecified atom stereocenters. The molecule has 0 bridgehead atoms. The molecule has 0 N–H and O–H groups in total. The van der Waals surface area contributed by atoms with E-state index in [0.29, 0.717) is 16.9 Å². The van der Waals surface area contributed by atoms with Crippen molar-refractivity contribution in [3.05, 3.63) is 180 Å². The summed E-state index contributed by atoms with van der Waals surface area (Å²) in [4.78, 5) is 7.70. The minimum Gasteiger partial charge on any atom is -0.320 e. The van der Waals surface area contributed by atoms with Gasteiger partial charge in [-0.15, -0.1) is 0 Å². The van der Waals surface area contributed by atoms with E-state index in [9.17, 15) is 5.26 Å². The fourth-order valence-corrected chi connectivity index (χ4v) is 7.37. The van der Waals surface area contributed by atoms with E-state index in [4.69, 9.17) is 13.1 Å². The number of nitrogens with zero attached hydrogens (tertiary/aromatic N) is 5. The van der Waals surface area contributed by atoms with Crippen molar-refractivity contribution in [1.29, 1.82) is 5.26 Å². The van der Waals surface area contributed by atoms with Crippen LogP contribution in [0.5, 0.6) is 0 Å². The first-order valence-electron chi connectivity index (χ1n) is 16.2. The van der Waals surface area contributed by atoms with Gasteiger partial charge in [0.25, 0.3) is 0 Å². The number of aromatic nitrogens is 2. The summed E-state index contributed by atoms with van der Waals surface area (Å²) in [6.07, 6.45) is 0. The molecule has 0 radical (unpaired) electrons. The zero-order valence-electron chi connectivity index (χ0n) is 26.7. The normalized spacial score (nSPS) is 11.1. The van der Waals surface area contributed by atoms with E-state index in [1.165, 1.54) is 10.8 Å². The Kier molecular flexibility index (Phi) is 6.56. The smallest absolute Gasteiger partial charge is 0.211 e. The SMILES string of the molecule is [C-]#[N+]c1ccc2c3cc(C#N)ccc3n(-c3c([N+]#[C-])cccc3-c3cccc(-c4cccc(-n5c6ccccc6c6ccccc65)c4)c3)c2c1. The van der Waals surface area contributed by atoms with Crippen LogP contribution in [0.25, 0.3) is 86.9 Å². The van der Waals surface area contributed by atoms with Gasteiger partial charge in [-0.2, -0.15) is 5.26 Å². The molecular formula is C45H25N5. The lowest BCUT2D eigenvalue weighted by molar-refractivity contribution is 1.18.